The van der Waals surface area contributed by atoms with Gasteiger partial charge in [-0.05, 0) is 36.8 Å². The Kier molecular flexibility index (Phi) is 4.64. The molecule has 0 radical (unpaired) electrons. The van der Waals surface area contributed by atoms with Crippen LogP contribution in [0.25, 0.3) is 0 Å². The highest BCUT2D eigenvalue weighted by molar-refractivity contribution is 6.35. The second kappa shape index (κ2) is 6.12. The van der Waals surface area contributed by atoms with Crippen molar-refractivity contribution in [3.05, 3.63) is 57.7 Å². The molecule has 2 rings (SSSR count). The Morgan fingerprint density at radius 3 is 2.48 bits per heavy atom. The number of nitrogens with zero attached hydrogens (tertiary/aromatic N) is 1. The van der Waals surface area contributed by atoms with E-state index in [1.165, 1.54) is 12.1 Å². The molecule has 1 heterocycles. The number of halogens is 5. The standard InChI is InChI=1S/C14H11Cl2F3N2/c1-8(10-6-5-9(15)7-11(10)16)20-13-4-2-3-12(21-13)14(17,18)19/h2-8H,1H3,(H,20,21). The van der Waals surface area contributed by atoms with Gasteiger partial charge in [0, 0.05) is 10.0 Å². The first-order valence-electron chi connectivity index (χ1n) is 6.03. The summed E-state index contributed by atoms with van der Waals surface area (Å²) >= 11 is 11.9. The zero-order chi connectivity index (χ0) is 15.6. The van der Waals surface area contributed by atoms with Gasteiger partial charge in [-0.2, -0.15) is 13.2 Å². The average molecular weight is 335 g/mol. The van der Waals surface area contributed by atoms with E-state index in [0.717, 1.165) is 11.6 Å². The van der Waals surface area contributed by atoms with Gasteiger partial charge in [0.1, 0.15) is 11.5 Å². The zero-order valence-corrected chi connectivity index (χ0v) is 12.4. The average Bonchev–Trinajstić information content (AvgIpc) is 2.37. The van der Waals surface area contributed by atoms with Gasteiger partial charge in [-0.1, -0.05) is 35.3 Å². The van der Waals surface area contributed by atoms with Crippen LogP contribution >= 0.6 is 23.2 Å². The van der Waals surface area contributed by atoms with E-state index >= 15 is 0 Å². The Hall–Kier alpha value is -1.46. The maximum absolute atomic E-state index is 12.6. The van der Waals surface area contributed by atoms with E-state index in [1.807, 2.05) is 0 Å². The molecule has 0 fully saturated rings. The summed E-state index contributed by atoms with van der Waals surface area (Å²) in [5.74, 6) is 0.128. The van der Waals surface area contributed by atoms with E-state index in [-0.39, 0.29) is 11.9 Å². The molecule has 0 aliphatic rings. The van der Waals surface area contributed by atoms with Crippen LogP contribution in [-0.4, -0.2) is 4.98 Å². The van der Waals surface area contributed by atoms with Crippen molar-refractivity contribution in [3.8, 4) is 0 Å². The molecule has 0 aliphatic carbocycles. The molecule has 112 valence electrons. The molecule has 7 heteroatoms. The molecular weight excluding hydrogens is 324 g/mol. The second-order valence-electron chi connectivity index (χ2n) is 4.44. The summed E-state index contributed by atoms with van der Waals surface area (Å²) in [5, 5.41) is 3.83. The number of anilines is 1. The number of alkyl halides is 3. The molecule has 0 saturated carbocycles. The summed E-state index contributed by atoms with van der Waals surface area (Å²) in [7, 11) is 0. The van der Waals surface area contributed by atoms with E-state index in [4.69, 9.17) is 23.2 Å². The van der Waals surface area contributed by atoms with E-state index in [1.54, 1.807) is 25.1 Å². The number of nitrogens with one attached hydrogen (secondary N) is 1. The Bertz CT molecular complexity index is 644. The number of hydrogen-bond donors (Lipinski definition) is 1. The second-order valence-corrected chi connectivity index (χ2v) is 5.28. The van der Waals surface area contributed by atoms with E-state index in [9.17, 15) is 13.2 Å². The van der Waals surface area contributed by atoms with Crippen molar-refractivity contribution in [2.24, 2.45) is 0 Å². The predicted octanol–water partition coefficient (Wildman–Crippen LogP) is 5.58. The van der Waals surface area contributed by atoms with Crippen molar-refractivity contribution in [1.29, 1.82) is 0 Å². The summed E-state index contributed by atoms with van der Waals surface area (Å²) in [5.41, 5.74) is -0.220. The van der Waals surface area contributed by atoms with Crippen LogP contribution in [0.2, 0.25) is 10.0 Å². The molecule has 0 saturated heterocycles. The molecule has 1 atom stereocenters. The monoisotopic (exact) mass is 334 g/mol. The fraction of sp³-hybridized carbons (Fsp3) is 0.214. The molecule has 0 spiro atoms. The van der Waals surface area contributed by atoms with E-state index < -0.39 is 11.9 Å². The lowest BCUT2D eigenvalue weighted by atomic mass is 10.1. The Balaban J connectivity index is 2.21. The molecule has 21 heavy (non-hydrogen) atoms. The predicted molar refractivity (Wildman–Crippen MR) is 77.7 cm³/mol. The highest BCUT2D eigenvalue weighted by atomic mass is 35.5. The van der Waals surface area contributed by atoms with Crippen LogP contribution in [0.5, 0.6) is 0 Å². The highest BCUT2D eigenvalue weighted by Gasteiger charge is 2.32. The summed E-state index contributed by atoms with van der Waals surface area (Å²) in [4.78, 5) is 3.55. The van der Waals surface area contributed by atoms with Crippen molar-refractivity contribution in [3.63, 3.8) is 0 Å². The van der Waals surface area contributed by atoms with Crippen LogP contribution in [0.4, 0.5) is 19.0 Å². The number of pyridine rings is 1. The first-order chi connectivity index (χ1) is 9.77. The minimum Gasteiger partial charge on any atom is -0.363 e. The largest absolute Gasteiger partial charge is 0.433 e. The van der Waals surface area contributed by atoms with Gasteiger partial charge in [0.25, 0.3) is 0 Å². The van der Waals surface area contributed by atoms with Gasteiger partial charge in [0.15, 0.2) is 0 Å². The van der Waals surface area contributed by atoms with Crippen molar-refractivity contribution in [2.45, 2.75) is 19.1 Å². The third-order valence-corrected chi connectivity index (χ3v) is 3.40. The van der Waals surface area contributed by atoms with Gasteiger partial charge < -0.3 is 5.32 Å². The van der Waals surface area contributed by atoms with Crippen LogP contribution in [0, 0.1) is 0 Å². The first-order valence-corrected chi connectivity index (χ1v) is 6.78. The smallest absolute Gasteiger partial charge is 0.363 e. The van der Waals surface area contributed by atoms with Crippen molar-refractivity contribution in [1.82, 2.24) is 4.98 Å². The zero-order valence-electron chi connectivity index (χ0n) is 10.9. The Morgan fingerprint density at radius 2 is 1.86 bits per heavy atom. The highest BCUT2D eigenvalue weighted by Crippen LogP contribution is 2.30. The molecule has 0 bridgehead atoms. The van der Waals surface area contributed by atoms with Crippen molar-refractivity contribution in [2.75, 3.05) is 5.32 Å². The summed E-state index contributed by atoms with van der Waals surface area (Å²) in [6, 6.07) is 8.34. The number of rotatable bonds is 3. The molecule has 2 nitrogen and oxygen atoms in total. The summed E-state index contributed by atoms with van der Waals surface area (Å²) in [6.45, 7) is 1.77. The molecular formula is C14H11Cl2F3N2. The lowest BCUT2D eigenvalue weighted by Crippen LogP contribution is -2.12. The van der Waals surface area contributed by atoms with Gasteiger partial charge in [0.2, 0.25) is 0 Å². The molecule has 1 unspecified atom stereocenters. The van der Waals surface area contributed by atoms with Gasteiger partial charge >= 0.3 is 6.18 Å². The van der Waals surface area contributed by atoms with Crippen molar-refractivity contribution >= 4 is 29.0 Å². The first kappa shape index (κ1) is 15.9. The fourth-order valence-corrected chi connectivity index (χ4v) is 2.40. The molecule has 0 aliphatic heterocycles. The van der Waals surface area contributed by atoms with Gasteiger partial charge in [-0.15, -0.1) is 0 Å². The maximum atomic E-state index is 12.6. The lowest BCUT2D eigenvalue weighted by molar-refractivity contribution is -0.141. The molecule has 2 aromatic rings. The number of hydrogen-bond acceptors (Lipinski definition) is 2. The van der Waals surface area contributed by atoms with E-state index in [2.05, 4.69) is 10.3 Å². The van der Waals surface area contributed by atoms with Crippen LogP contribution < -0.4 is 5.32 Å². The van der Waals surface area contributed by atoms with Gasteiger partial charge in [0.05, 0.1) is 6.04 Å². The third-order valence-electron chi connectivity index (χ3n) is 2.83. The topological polar surface area (TPSA) is 24.9 Å². The van der Waals surface area contributed by atoms with Crippen LogP contribution in [0.1, 0.15) is 24.2 Å². The van der Waals surface area contributed by atoms with E-state index in [0.29, 0.717) is 10.0 Å². The Morgan fingerprint density at radius 1 is 1.14 bits per heavy atom. The lowest BCUT2D eigenvalue weighted by Gasteiger charge is -2.17. The maximum Gasteiger partial charge on any atom is 0.433 e. The molecule has 1 aromatic carbocycles. The minimum atomic E-state index is -4.47. The fourth-order valence-electron chi connectivity index (χ4n) is 1.83. The quantitative estimate of drug-likeness (QED) is 0.792. The van der Waals surface area contributed by atoms with Gasteiger partial charge in [-0.3, -0.25) is 0 Å². The Labute approximate surface area is 129 Å². The molecule has 1 N–H and O–H groups in total. The van der Waals surface area contributed by atoms with Crippen LogP contribution in [0.3, 0.4) is 0 Å². The number of aromatic nitrogens is 1. The van der Waals surface area contributed by atoms with Crippen LogP contribution in [0.15, 0.2) is 36.4 Å². The number of benzene rings is 1. The summed E-state index contributed by atoms with van der Waals surface area (Å²) in [6.07, 6.45) is -4.47. The van der Waals surface area contributed by atoms with Gasteiger partial charge in [-0.25, -0.2) is 4.98 Å². The normalized spacial score (nSPS) is 13.0. The summed E-state index contributed by atoms with van der Waals surface area (Å²) < 4.78 is 37.8. The SMILES string of the molecule is CC(Nc1cccc(C(F)(F)F)n1)c1ccc(Cl)cc1Cl. The van der Waals surface area contributed by atoms with Crippen LogP contribution in [-0.2, 0) is 6.18 Å². The van der Waals surface area contributed by atoms with Crippen molar-refractivity contribution < 1.29 is 13.2 Å². The molecule has 0 amide bonds. The molecule has 1 aromatic heterocycles. The minimum absolute atomic E-state index is 0.128. The third kappa shape index (κ3) is 4.02.